The van der Waals surface area contributed by atoms with Crippen LogP contribution in [0.1, 0.15) is 49.3 Å². The number of carbonyl (C=O) groups is 1. The molecule has 2 aromatic rings. The normalized spacial score (nSPS) is 15.8. The number of aromatic nitrogens is 2. The van der Waals surface area contributed by atoms with E-state index in [0.29, 0.717) is 11.7 Å². The van der Waals surface area contributed by atoms with Gasteiger partial charge in [0.1, 0.15) is 0 Å². The number of aromatic amines is 1. The van der Waals surface area contributed by atoms with E-state index in [1.165, 1.54) is 12.8 Å². The lowest BCUT2D eigenvalue weighted by molar-refractivity contribution is -0.117. The fourth-order valence-electron chi connectivity index (χ4n) is 2.48. The summed E-state index contributed by atoms with van der Waals surface area (Å²) in [4.78, 5) is 12.4. The fraction of sp³-hybridized carbons (Fsp3) is 0.375. The fourth-order valence-corrected chi connectivity index (χ4v) is 2.48. The van der Waals surface area contributed by atoms with E-state index in [4.69, 9.17) is 0 Å². The van der Waals surface area contributed by atoms with Gasteiger partial charge < -0.3 is 5.32 Å². The first-order valence-corrected chi connectivity index (χ1v) is 7.19. The monoisotopic (exact) mass is 269 g/mol. The number of hydrogen-bond acceptors (Lipinski definition) is 2. The van der Waals surface area contributed by atoms with E-state index >= 15 is 0 Å². The number of amides is 1. The molecule has 1 saturated carbocycles. The Bertz CT molecular complexity index is 587. The highest BCUT2D eigenvalue weighted by Crippen LogP contribution is 2.39. The Kier molecular flexibility index (Phi) is 3.54. The van der Waals surface area contributed by atoms with E-state index in [1.54, 1.807) is 0 Å². The van der Waals surface area contributed by atoms with Gasteiger partial charge in [0.25, 0.3) is 0 Å². The largest absolute Gasteiger partial charge is 0.309 e. The van der Waals surface area contributed by atoms with E-state index in [1.807, 2.05) is 43.3 Å². The maximum absolute atomic E-state index is 12.4. The Balaban J connectivity index is 1.70. The summed E-state index contributed by atoms with van der Waals surface area (Å²) in [5, 5.41) is 10.1. The van der Waals surface area contributed by atoms with Crippen molar-refractivity contribution < 1.29 is 4.79 Å². The van der Waals surface area contributed by atoms with Crippen molar-refractivity contribution in [1.29, 1.82) is 0 Å². The Morgan fingerprint density at radius 3 is 2.80 bits per heavy atom. The van der Waals surface area contributed by atoms with Gasteiger partial charge in [-0.3, -0.25) is 9.89 Å². The van der Waals surface area contributed by atoms with Crippen LogP contribution < -0.4 is 5.32 Å². The van der Waals surface area contributed by atoms with Crippen molar-refractivity contribution in [2.75, 3.05) is 5.32 Å². The van der Waals surface area contributed by atoms with Gasteiger partial charge in [0.15, 0.2) is 5.82 Å². The Hall–Kier alpha value is -2.10. The SMILES string of the molecule is CCC(C(=O)Nc1cc(C2CC2)[nH]n1)c1ccccc1. The maximum Gasteiger partial charge on any atom is 0.233 e. The first kappa shape index (κ1) is 12.9. The summed E-state index contributed by atoms with van der Waals surface area (Å²) < 4.78 is 0. The van der Waals surface area contributed by atoms with Crippen LogP contribution in [0.25, 0.3) is 0 Å². The number of hydrogen-bond donors (Lipinski definition) is 2. The molecule has 1 fully saturated rings. The third-order valence-electron chi connectivity index (χ3n) is 3.79. The topological polar surface area (TPSA) is 57.8 Å². The first-order chi connectivity index (χ1) is 9.78. The summed E-state index contributed by atoms with van der Waals surface area (Å²) in [6.45, 7) is 2.03. The smallest absolute Gasteiger partial charge is 0.233 e. The van der Waals surface area contributed by atoms with Gasteiger partial charge in [-0.2, -0.15) is 5.10 Å². The van der Waals surface area contributed by atoms with Crippen LogP contribution in [0, 0.1) is 0 Å². The van der Waals surface area contributed by atoms with E-state index < -0.39 is 0 Å². The predicted octanol–water partition coefficient (Wildman–Crippen LogP) is 3.42. The summed E-state index contributed by atoms with van der Waals surface area (Å²) in [7, 11) is 0. The molecule has 1 aromatic carbocycles. The van der Waals surface area contributed by atoms with Gasteiger partial charge >= 0.3 is 0 Å². The van der Waals surface area contributed by atoms with Crippen molar-refractivity contribution >= 4 is 11.7 Å². The van der Waals surface area contributed by atoms with Gasteiger partial charge in [-0.25, -0.2) is 0 Å². The maximum atomic E-state index is 12.4. The summed E-state index contributed by atoms with van der Waals surface area (Å²) in [5.41, 5.74) is 2.18. The Morgan fingerprint density at radius 2 is 2.15 bits per heavy atom. The number of rotatable bonds is 5. The van der Waals surface area contributed by atoms with Crippen molar-refractivity contribution in [2.24, 2.45) is 0 Å². The molecule has 0 radical (unpaired) electrons. The molecule has 3 rings (SSSR count). The number of nitrogens with zero attached hydrogens (tertiary/aromatic N) is 1. The van der Waals surface area contributed by atoms with Crippen molar-refractivity contribution in [3.63, 3.8) is 0 Å². The predicted molar refractivity (Wildman–Crippen MR) is 78.7 cm³/mol. The average Bonchev–Trinajstić information content (AvgIpc) is 3.22. The van der Waals surface area contributed by atoms with Gasteiger partial charge in [0.2, 0.25) is 5.91 Å². The summed E-state index contributed by atoms with van der Waals surface area (Å²) in [5.74, 6) is 1.13. The third-order valence-corrected chi connectivity index (χ3v) is 3.79. The van der Waals surface area contributed by atoms with Crippen molar-refractivity contribution in [1.82, 2.24) is 10.2 Å². The molecule has 0 saturated heterocycles. The molecule has 0 spiro atoms. The minimum atomic E-state index is -0.128. The highest BCUT2D eigenvalue weighted by atomic mass is 16.1. The van der Waals surface area contributed by atoms with Crippen LogP contribution in [0.2, 0.25) is 0 Å². The van der Waals surface area contributed by atoms with Gasteiger partial charge in [0.05, 0.1) is 5.92 Å². The molecule has 1 aromatic heterocycles. The second-order valence-electron chi connectivity index (χ2n) is 5.34. The number of carbonyl (C=O) groups excluding carboxylic acids is 1. The molecule has 20 heavy (non-hydrogen) atoms. The molecular formula is C16H19N3O. The molecule has 1 amide bonds. The molecule has 0 bridgehead atoms. The van der Waals surface area contributed by atoms with E-state index in [9.17, 15) is 4.79 Å². The molecule has 1 atom stereocenters. The molecule has 4 nitrogen and oxygen atoms in total. The van der Waals surface area contributed by atoms with E-state index in [-0.39, 0.29) is 11.8 Å². The highest BCUT2D eigenvalue weighted by Gasteiger charge is 2.26. The van der Waals surface area contributed by atoms with Gasteiger partial charge in [-0.15, -0.1) is 0 Å². The van der Waals surface area contributed by atoms with Crippen molar-refractivity contribution in [3.05, 3.63) is 47.7 Å². The molecule has 1 unspecified atom stereocenters. The lowest BCUT2D eigenvalue weighted by atomic mass is 9.96. The first-order valence-electron chi connectivity index (χ1n) is 7.19. The van der Waals surface area contributed by atoms with Crippen LogP contribution in [0.15, 0.2) is 36.4 Å². The van der Waals surface area contributed by atoms with Crippen LogP contribution in [0.5, 0.6) is 0 Å². The molecule has 1 heterocycles. The lowest BCUT2D eigenvalue weighted by Gasteiger charge is -2.14. The average molecular weight is 269 g/mol. The number of H-pyrrole nitrogens is 1. The molecule has 4 heteroatoms. The highest BCUT2D eigenvalue weighted by molar-refractivity contribution is 5.95. The van der Waals surface area contributed by atoms with Gasteiger partial charge in [0, 0.05) is 17.7 Å². The van der Waals surface area contributed by atoms with Gasteiger partial charge in [-0.05, 0) is 24.8 Å². The van der Waals surface area contributed by atoms with E-state index in [0.717, 1.165) is 17.7 Å². The summed E-state index contributed by atoms with van der Waals surface area (Å²) in [6, 6.07) is 11.8. The van der Waals surface area contributed by atoms with E-state index in [2.05, 4.69) is 15.5 Å². The second kappa shape index (κ2) is 5.49. The number of anilines is 1. The number of benzene rings is 1. The zero-order valence-corrected chi connectivity index (χ0v) is 11.6. The van der Waals surface area contributed by atoms with Crippen LogP contribution >= 0.6 is 0 Å². The Labute approximate surface area is 118 Å². The molecule has 2 N–H and O–H groups in total. The van der Waals surface area contributed by atoms with Crippen LogP contribution in [-0.4, -0.2) is 16.1 Å². The molecular weight excluding hydrogens is 250 g/mol. The van der Waals surface area contributed by atoms with Crippen LogP contribution in [0.3, 0.4) is 0 Å². The zero-order valence-electron chi connectivity index (χ0n) is 11.6. The second-order valence-corrected chi connectivity index (χ2v) is 5.34. The molecule has 1 aliphatic rings. The minimum absolute atomic E-state index is 0.00699. The quantitative estimate of drug-likeness (QED) is 0.873. The third kappa shape index (κ3) is 2.74. The van der Waals surface area contributed by atoms with Crippen LogP contribution in [0.4, 0.5) is 5.82 Å². The Morgan fingerprint density at radius 1 is 1.40 bits per heavy atom. The molecule has 1 aliphatic carbocycles. The lowest BCUT2D eigenvalue weighted by Crippen LogP contribution is -2.20. The van der Waals surface area contributed by atoms with Crippen molar-refractivity contribution in [2.45, 2.75) is 38.0 Å². The molecule has 0 aliphatic heterocycles. The zero-order chi connectivity index (χ0) is 13.9. The summed E-state index contributed by atoms with van der Waals surface area (Å²) in [6.07, 6.45) is 3.21. The molecule has 104 valence electrons. The van der Waals surface area contributed by atoms with Gasteiger partial charge in [-0.1, -0.05) is 37.3 Å². The minimum Gasteiger partial charge on any atom is -0.309 e. The summed E-state index contributed by atoms with van der Waals surface area (Å²) >= 11 is 0. The standard InChI is InChI=1S/C16H19N3O/c1-2-13(11-6-4-3-5-7-11)16(20)17-15-10-14(18-19-15)12-8-9-12/h3-7,10,12-13H,2,8-9H2,1H3,(H2,17,18,19,20). The number of nitrogens with one attached hydrogen (secondary N) is 2. The van der Waals surface area contributed by atoms with Crippen molar-refractivity contribution in [3.8, 4) is 0 Å². The van der Waals surface area contributed by atoms with Crippen LogP contribution in [-0.2, 0) is 4.79 Å².